The number of terminal acetylenes is 1. The Morgan fingerprint density at radius 1 is 1.25 bits per heavy atom. The summed E-state index contributed by atoms with van der Waals surface area (Å²) in [4.78, 5) is 12.6. The smallest absolute Gasteiger partial charge is 0.276 e. The van der Waals surface area contributed by atoms with Crippen molar-refractivity contribution < 1.29 is 9.18 Å². The number of nitrogens with one attached hydrogen (secondary N) is 5. The van der Waals surface area contributed by atoms with Gasteiger partial charge < -0.3 is 5.32 Å². The first-order valence-corrected chi connectivity index (χ1v) is 7.94. The number of benzene rings is 1. The maximum absolute atomic E-state index is 14.1. The molecule has 4 rings (SSSR count). The van der Waals surface area contributed by atoms with Crippen LogP contribution in [-0.4, -0.2) is 32.1 Å². The Morgan fingerprint density at radius 3 is 2.79 bits per heavy atom. The van der Waals surface area contributed by atoms with Gasteiger partial charge in [0.1, 0.15) is 5.82 Å². The van der Waals surface area contributed by atoms with E-state index in [0.717, 1.165) is 5.56 Å². The molecule has 0 saturated carbocycles. The average molecular weight is 377 g/mol. The van der Waals surface area contributed by atoms with Crippen LogP contribution in [0.2, 0.25) is 0 Å². The lowest BCUT2D eigenvalue weighted by atomic mass is 10.1. The molecule has 0 saturated heterocycles. The number of hydrazone groups is 1. The molecule has 0 unspecified atom stereocenters. The van der Waals surface area contributed by atoms with Crippen molar-refractivity contribution in [2.45, 2.75) is 0 Å². The zero-order valence-electron chi connectivity index (χ0n) is 14.1. The molecular weight excluding hydrogens is 365 g/mol. The van der Waals surface area contributed by atoms with Gasteiger partial charge in [0.25, 0.3) is 5.91 Å². The number of halogens is 1. The number of H-pyrrole nitrogens is 1. The molecule has 0 bridgehead atoms. The van der Waals surface area contributed by atoms with Crippen molar-refractivity contribution in [3.8, 4) is 23.6 Å². The van der Waals surface area contributed by atoms with Gasteiger partial charge in [-0.15, -0.1) is 27.3 Å². The monoisotopic (exact) mass is 377 g/mol. The fourth-order valence-corrected chi connectivity index (χ4v) is 2.49. The summed E-state index contributed by atoms with van der Waals surface area (Å²) in [5.41, 5.74) is 9.64. The van der Waals surface area contributed by atoms with E-state index in [-0.39, 0.29) is 22.8 Å². The van der Waals surface area contributed by atoms with Crippen molar-refractivity contribution in [3.05, 3.63) is 59.3 Å². The van der Waals surface area contributed by atoms with E-state index in [0.29, 0.717) is 11.3 Å². The van der Waals surface area contributed by atoms with E-state index >= 15 is 0 Å². The van der Waals surface area contributed by atoms with E-state index < -0.39 is 11.7 Å². The van der Waals surface area contributed by atoms with Crippen molar-refractivity contribution in [2.24, 2.45) is 5.10 Å². The molecule has 1 amide bonds. The van der Waals surface area contributed by atoms with Crippen LogP contribution in [0.15, 0.2) is 41.8 Å². The Bertz CT molecular complexity index is 1100. The number of nitrogens with zero attached hydrogens (tertiary/aromatic N) is 4. The van der Waals surface area contributed by atoms with Crippen molar-refractivity contribution in [1.82, 2.24) is 36.9 Å². The van der Waals surface area contributed by atoms with Crippen LogP contribution in [0.1, 0.15) is 21.6 Å². The normalized spacial score (nSPS) is 12.5. The highest BCUT2D eigenvalue weighted by Gasteiger charge is 2.19. The van der Waals surface area contributed by atoms with E-state index in [1.165, 1.54) is 18.2 Å². The molecule has 138 valence electrons. The number of aromatic nitrogens is 4. The van der Waals surface area contributed by atoms with Crippen LogP contribution in [0.3, 0.4) is 0 Å². The molecule has 3 aromatic rings. The molecule has 3 heterocycles. The molecule has 0 atom stereocenters. The number of amides is 1. The van der Waals surface area contributed by atoms with Crippen LogP contribution in [0.5, 0.6) is 0 Å². The van der Waals surface area contributed by atoms with Crippen LogP contribution in [-0.2, 0) is 0 Å². The third-order valence-corrected chi connectivity index (χ3v) is 3.86. The molecule has 10 nitrogen and oxygen atoms in total. The van der Waals surface area contributed by atoms with Crippen LogP contribution in [0.25, 0.3) is 11.3 Å². The highest BCUT2D eigenvalue weighted by Crippen LogP contribution is 2.22. The highest BCUT2D eigenvalue weighted by atomic mass is 19.1. The lowest BCUT2D eigenvalue weighted by Gasteiger charge is -2.12. The van der Waals surface area contributed by atoms with Gasteiger partial charge in [0.15, 0.2) is 11.5 Å². The number of rotatable bonds is 4. The van der Waals surface area contributed by atoms with E-state index in [4.69, 9.17) is 6.42 Å². The van der Waals surface area contributed by atoms with Gasteiger partial charge in [-0.3, -0.25) is 15.3 Å². The van der Waals surface area contributed by atoms with E-state index in [1.54, 1.807) is 18.5 Å². The lowest BCUT2D eigenvalue weighted by Crippen LogP contribution is -2.35. The van der Waals surface area contributed by atoms with Crippen molar-refractivity contribution in [2.75, 3.05) is 5.32 Å². The van der Waals surface area contributed by atoms with Crippen molar-refractivity contribution in [1.29, 1.82) is 0 Å². The minimum atomic E-state index is -0.615. The largest absolute Gasteiger partial charge is 0.320 e. The lowest BCUT2D eigenvalue weighted by molar-refractivity contribution is 0.102. The molecule has 1 aliphatic rings. The number of carbonyl (C=O) groups is 1. The summed E-state index contributed by atoms with van der Waals surface area (Å²) < 4.78 is 14.1. The van der Waals surface area contributed by atoms with Crippen LogP contribution in [0, 0.1) is 18.2 Å². The first-order chi connectivity index (χ1) is 13.7. The molecule has 1 aliphatic heterocycles. The molecule has 0 radical (unpaired) electrons. The minimum Gasteiger partial charge on any atom is -0.320 e. The second-order valence-corrected chi connectivity index (χ2v) is 5.59. The molecule has 5 N–H and O–H groups in total. The highest BCUT2D eigenvalue weighted by molar-refractivity contribution is 6.10. The predicted octanol–water partition coefficient (Wildman–Crippen LogP) is 0.513. The SMILES string of the molecule is C#Cc1cc(NC(=O)c2ccc(-c3cn[nH]c3)nn2)c(C2=NNNN2)cc1F. The number of hydrazine groups is 2. The first-order valence-electron chi connectivity index (χ1n) is 7.94. The van der Waals surface area contributed by atoms with E-state index in [1.807, 2.05) is 0 Å². The van der Waals surface area contributed by atoms with Gasteiger partial charge in [-0.1, -0.05) is 5.92 Å². The summed E-state index contributed by atoms with van der Waals surface area (Å²) in [6.45, 7) is 0. The summed E-state index contributed by atoms with van der Waals surface area (Å²) in [5, 5.41) is 21.0. The maximum Gasteiger partial charge on any atom is 0.276 e. The number of hydrogen-bond acceptors (Lipinski definition) is 8. The Morgan fingerprint density at radius 2 is 2.14 bits per heavy atom. The van der Waals surface area contributed by atoms with Crippen LogP contribution < -0.4 is 21.8 Å². The van der Waals surface area contributed by atoms with Crippen molar-refractivity contribution >= 4 is 17.4 Å². The number of aromatic amines is 1. The Labute approximate surface area is 157 Å². The van der Waals surface area contributed by atoms with E-state index in [2.05, 4.69) is 53.2 Å². The van der Waals surface area contributed by atoms with Crippen LogP contribution in [0.4, 0.5) is 10.1 Å². The molecule has 0 aliphatic carbocycles. The summed E-state index contributed by atoms with van der Waals surface area (Å²) in [7, 11) is 0. The summed E-state index contributed by atoms with van der Waals surface area (Å²) in [6, 6.07) is 5.68. The molecule has 0 fully saturated rings. The first kappa shape index (κ1) is 17.1. The topological polar surface area (TPSA) is 132 Å². The molecule has 0 spiro atoms. The molecule has 28 heavy (non-hydrogen) atoms. The average Bonchev–Trinajstić information content (AvgIpc) is 3.43. The second-order valence-electron chi connectivity index (χ2n) is 5.59. The number of anilines is 1. The maximum atomic E-state index is 14.1. The minimum absolute atomic E-state index is 0.0000415. The van der Waals surface area contributed by atoms with Gasteiger partial charge in [-0.2, -0.15) is 5.10 Å². The quantitative estimate of drug-likeness (QED) is 0.419. The molecule has 1 aromatic carbocycles. The second kappa shape index (κ2) is 7.14. The van der Waals surface area contributed by atoms with Crippen LogP contribution >= 0.6 is 0 Å². The number of amidine groups is 1. The molecule has 11 heteroatoms. The van der Waals surface area contributed by atoms with Gasteiger partial charge in [-0.25, -0.2) is 9.93 Å². The van der Waals surface area contributed by atoms with E-state index in [9.17, 15) is 9.18 Å². The fourth-order valence-electron chi connectivity index (χ4n) is 2.49. The third-order valence-electron chi connectivity index (χ3n) is 3.86. The summed E-state index contributed by atoms with van der Waals surface area (Å²) in [6.07, 6.45) is 8.58. The fraction of sp³-hybridized carbons (Fsp3) is 0. The van der Waals surface area contributed by atoms with Gasteiger partial charge in [0, 0.05) is 17.3 Å². The third kappa shape index (κ3) is 3.22. The zero-order chi connectivity index (χ0) is 19.5. The number of carbonyl (C=O) groups excluding carboxylic acids is 1. The molecule has 2 aromatic heterocycles. The summed E-state index contributed by atoms with van der Waals surface area (Å²) in [5.74, 6) is 1.36. The van der Waals surface area contributed by atoms with Crippen molar-refractivity contribution in [3.63, 3.8) is 0 Å². The van der Waals surface area contributed by atoms with Gasteiger partial charge in [-0.05, 0) is 24.3 Å². The Hall–Kier alpha value is -4.30. The van der Waals surface area contributed by atoms with Gasteiger partial charge >= 0.3 is 0 Å². The Balaban J connectivity index is 1.63. The standard InChI is InChI=1S/C17H12FN9O/c1-2-9-5-15(11(6-12(9)18)16-24-26-27-25-16)21-17(28)14-4-3-13(22-23-14)10-7-19-20-8-10/h1,3-8,26-27H,(H,19,20)(H,21,28)(H,24,25). The van der Waals surface area contributed by atoms with Gasteiger partial charge in [0.05, 0.1) is 23.1 Å². The zero-order valence-corrected chi connectivity index (χ0v) is 14.1. The molecular formula is C17H12FN9O. The summed E-state index contributed by atoms with van der Waals surface area (Å²) >= 11 is 0. The number of hydrogen-bond donors (Lipinski definition) is 5. The Kier molecular flexibility index (Phi) is 4.37. The predicted molar refractivity (Wildman–Crippen MR) is 97.8 cm³/mol. The van der Waals surface area contributed by atoms with Gasteiger partial charge in [0.2, 0.25) is 0 Å².